The normalized spacial score (nSPS) is 10.9. The molecule has 0 N–H and O–H groups in total. The molecular formula is C7H3BrCl2N2. The molecule has 0 aliphatic carbocycles. The molecule has 0 amide bonds. The van der Waals surface area contributed by atoms with Gasteiger partial charge in [0, 0.05) is 4.47 Å². The first-order valence-electron chi connectivity index (χ1n) is 3.15. The number of hydrogen-bond acceptors (Lipinski definition) is 1. The minimum absolute atomic E-state index is 0.479. The molecule has 0 atom stereocenters. The van der Waals surface area contributed by atoms with Crippen LogP contribution >= 0.6 is 39.1 Å². The van der Waals surface area contributed by atoms with E-state index >= 15 is 0 Å². The standard InChI is InChI=1S/C7H3BrCl2N2/c8-4-1-5(9)7(10)12-3-11-2-6(4)12/h1-3H. The molecule has 2 aromatic heterocycles. The molecule has 5 heteroatoms. The van der Waals surface area contributed by atoms with Crippen LogP contribution in [0.5, 0.6) is 0 Å². The molecule has 0 fully saturated rings. The van der Waals surface area contributed by atoms with Crippen molar-refractivity contribution in [2.24, 2.45) is 0 Å². The summed E-state index contributed by atoms with van der Waals surface area (Å²) in [5.41, 5.74) is 0.907. The molecule has 0 aliphatic rings. The number of rotatable bonds is 0. The van der Waals surface area contributed by atoms with E-state index in [4.69, 9.17) is 23.2 Å². The zero-order chi connectivity index (χ0) is 8.72. The van der Waals surface area contributed by atoms with Crippen molar-refractivity contribution >= 4 is 44.6 Å². The van der Waals surface area contributed by atoms with Gasteiger partial charge in [0.2, 0.25) is 0 Å². The lowest BCUT2D eigenvalue weighted by molar-refractivity contribution is 1.15. The highest BCUT2D eigenvalue weighted by Gasteiger charge is 2.06. The fraction of sp³-hybridized carbons (Fsp3) is 0. The van der Waals surface area contributed by atoms with Crippen LogP contribution in [0.25, 0.3) is 5.52 Å². The van der Waals surface area contributed by atoms with Gasteiger partial charge in [0.05, 0.1) is 16.7 Å². The summed E-state index contributed by atoms with van der Waals surface area (Å²) in [5, 5.41) is 0.987. The predicted octanol–water partition coefficient (Wildman–Crippen LogP) is 3.40. The van der Waals surface area contributed by atoms with Crippen LogP contribution in [0.15, 0.2) is 23.1 Å². The molecule has 2 rings (SSSR count). The van der Waals surface area contributed by atoms with Crippen molar-refractivity contribution in [3.63, 3.8) is 0 Å². The van der Waals surface area contributed by atoms with Gasteiger partial charge in [0.1, 0.15) is 11.5 Å². The van der Waals surface area contributed by atoms with Crippen LogP contribution in [0.3, 0.4) is 0 Å². The Balaban J connectivity index is 2.97. The SMILES string of the molecule is Clc1cc(Br)c2cncn2c1Cl. The highest BCUT2D eigenvalue weighted by Crippen LogP contribution is 2.29. The van der Waals surface area contributed by atoms with Crippen LogP contribution in [-0.2, 0) is 0 Å². The third-order valence-electron chi connectivity index (χ3n) is 1.55. The highest BCUT2D eigenvalue weighted by atomic mass is 79.9. The van der Waals surface area contributed by atoms with Gasteiger partial charge >= 0.3 is 0 Å². The van der Waals surface area contributed by atoms with Crippen molar-refractivity contribution in [3.05, 3.63) is 33.2 Å². The van der Waals surface area contributed by atoms with Gasteiger partial charge < -0.3 is 0 Å². The van der Waals surface area contributed by atoms with Gasteiger partial charge in [-0.25, -0.2) is 4.98 Å². The number of fused-ring (bicyclic) bond motifs is 1. The Kier molecular flexibility index (Phi) is 2.02. The molecular weight excluding hydrogens is 263 g/mol. The molecule has 2 aromatic rings. The molecule has 2 heterocycles. The van der Waals surface area contributed by atoms with Gasteiger partial charge in [-0.1, -0.05) is 23.2 Å². The molecule has 0 saturated carbocycles. The lowest BCUT2D eigenvalue weighted by Gasteiger charge is -2.01. The Morgan fingerprint density at radius 3 is 2.92 bits per heavy atom. The fourth-order valence-electron chi connectivity index (χ4n) is 0.988. The Morgan fingerprint density at radius 2 is 2.17 bits per heavy atom. The number of pyridine rings is 1. The molecule has 0 aromatic carbocycles. The smallest absolute Gasteiger partial charge is 0.133 e. The van der Waals surface area contributed by atoms with Gasteiger partial charge in [0.25, 0.3) is 0 Å². The summed E-state index contributed by atoms with van der Waals surface area (Å²) in [4.78, 5) is 3.95. The minimum atomic E-state index is 0.479. The highest BCUT2D eigenvalue weighted by molar-refractivity contribution is 9.10. The second kappa shape index (κ2) is 2.91. The van der Waals surface area contributed by atoms with Gasteiger partial charge in [-0.05, 0) is 22.0 Å². The molecule has 0 unspecified atom stereocenters. The van der Waals surface area contributed by atoms with Gasteiger partial charge in [-0.2, -0.15) is 0 Å². The summed E-state index contributed by atoms with van der Waals surface area (Å²) >= 11 is 15.1. The zero-order valence-electron chi connectivity index (χ0n) is 5.76. The van der Waals surface area contributed by atoms with Crippen LogP contribution in [-0.4, -0.2) is 9.38 Å². The first-order valence-corrected chi connectivity index (χ1v) is 4.70. The van der Waals surface area contributed by atoms with E-state index in [0.29, 0.717) is 10.2 Å². The number of imidazole rings is 1. The maximum atomic E-state index is 5.91. The van der Waals surface area contributed by atoms with E-state index < -0.39 is 0 Å². The average molecular weight is 266 g/mol. The van der Waals surface area contributed by atoms with Crippen molar-refractivity contribution in [1.29, 1.82) is 0 Å². The van der Waals surface area contributed by atoms with Crippen LogP contribution < -0.4 is 0 Å². The van der Waals surface area contributed by atoms with Crippen LogP contribution in [0.1, 0.15) is 0 Å². The maximum Gasteiger partial charge on any atom is 0.133 e. The summed E-state index contributed by atoms with van der Waals surface area (Å²) in [6.45, 7) is 0. The fourth-order valence-corrected chi connectivity index (χ4v) is 2.03. The van der Waals surface area contributed by atoms with Crippen LogP contribution in [0.4, 0.5) is 0 Å². The first kappa shape index (κ1) is 8.35. The van der Waals surface area contributed by atoms with E-state index in [1.54, 1.807) is 23.0 Å². The summed E-state index contributed by atoms with van der Waals surface area (Å²) in [5.74, 6) is 0. The van der Waals surface area contributed by atoms with Gasteiger partial charge in [0.15, 0.2) is 0 Å². The summed E-state index contributed by atoms with van der Waals surface area (Å²) in [6, 6.07) is 1.75. The molecule has 0 aliphatic heterocycles. The van der Waals surface area contributed by atoms with Crippen molar-refractivity contribution in [1.82, 2.24) is 9.38 Å². The number of aromatic nitrogens is 2. The topological polar surface area (TPSA) is 17.3 Å². The summed E-state index contributed by atoms with van der Waals surface area (Å²) < 4.78 is 2.60. The largest absolute Gasteiger partial charge is 0.287 e. The third-order valence-corrected chi connectivity index (χ3v) is 2.95. The van der Waals surface area contributed by atoms with Crippen molar-refractivity contribution in [2.45, 2.75) is 0 Å². The van der Waals surface area contributed by atoms with E-state index in [1.807, 2.05) is 0 Å². The lowest BCUT2D eigenvalue weighted by atomic mass is 10.4. The number of hydrogen-bond donors (Lipinski definition) is 0. The predicted molar refractivity (Wildman–Crippen MR) is 52.9 cm³/mol. The monoisotopic (exact) mass is 264 g/mol. The maximum absolute atomic E-state index is 5.91. The van der Waals surface area contributed by atoms with Gasteiger partial charge in [-0.3, -0.25) is 4.40 Å². The van der Waals surface area contributed by atoms with E-state index in [2.05, 4.69) is 20.9 Å². The molecule has 12 heavy (non-hydrogen) atoms. The molecule has 0 spiro atoms. The zero-order valence-corrected chi connectivity index (χ0v) is 8.86. The van der Waals surface area contributed by atoms with Crippen molar-refractivity contribution in [2.75, 3.05) is 0 Å². The van der Waals surface area contributed by atoms with Gasteiger partial charge in [-0.15, -0.1) is 0 Å². The second-order valence-corrected chi connectivity index (χ2v) is 3.90. The molecule has 0 saturated heterocycles. The van der Waals surface area contributed by atoms with Crippen molar-refractivity contribution < 1.29 is 0 Å². The van der Waals surface area contributed by atoms with E-state index in [1.165, 1.54) is 0 Å². The Morgan fingerprint density at radius 1 is 1.42 bits per heavy atom. The Hall–Kier alpha value is -0.250. The minimum Gasteiger partial charge on any atom is -0.287 e. The van der Waals surface area contributed by atoms with E-state index in [0.717, 1.165) is 9.99 Å². The Bertz CT molecular complexity index is 438. The molecule has 0 bridgehead atoms. The lowest BCUT2D eigenvalue weighted by Crippen LogP contribution is -1.86. The van der Waals surface area contributed by atoms with Crippen molar-refractivity contribution in [3.8, 4) is 0 Å². The summed E-state index contributed by atoms with van der Waals surface area (Å²) in [6.07, 6.45) is 3.33. The van der Waals surface area contributed by atoms with E-state index in [9.17, 15) is 0 Å². The number of nitrogens with zero attached hydrogens (tertiary/aromatic N) is 2. The quantitative estimate of drug-likeness (QED) is 0.668. The molecule has 0 radical (unpaired) electrons. The van der Waals surface area contributed by atoms with Crippen LogP contribution in [0, 0.1) is 0 Å². The second-order valence-electron chi connectivity index (χ2n) is 2.28. The first-order chi connectivity index (χ1) is 5.70. The third kappa shape index (κ3) is 1.13. The Labute approximate surface area is 87.2 Å². The van der Waals surface area contributed by atoms with Crippen LogP contribution in [0.2, 0.25) is 10.2 Å². The number of halogens is 3. The molecule has 62 valence electrons. The molecule has 2 nitrogen and oxygen atoms in total. The summed E-state index contributed by atoms with van der Waals surface area (Å²) in [7, 11) is 0. The average Bonchev–Trinajstić information content (AvgIpc) is 2.48. The van der Waals surface area contributed by atoms with E-state index in [-0.39, 0.29) is 0 Å².